The predicted octanol–water partition coefficient (Wildman–Crippen LogP) is 2.28. The largest absolute Gasteiger partial charge is 0.316 e. The molecule has 0 amide bonds. The van der Waals surface area contributed by atoms with E-state index in [1.54, 1.807) is 0 Å². The molecule has 3 fully saturated rings. The van der Waals surface area contributed by atoms with Gasteiger partial charge in [0.25, 0.3) is 0 Å². The van der Waals surface area contributed by atoms with E-state index in [1.165, 1.54) is 96.3 Å². The fourth-order valence-corrected chi connectivity index (χ4v) is 5.64. The molecule has 3 rings (SSSR count). The van der Waals surface area contributed by atoms with E-state index in [1.807, 2.05) is 0 Å². The van der Waals surface area contributed by atoms with Crippen LogP contribution in [0, 0.1) is 0 Å². The van der Waals surface area contributed by atoms with Gasteiger partial charge in [0.05, 0.1) is 10.4 Å². The lowest BCUT2D eigenvalue weighted by atomic mass is 9.93. The zero-order valence-electron chi connectivity index (χ0n) is 16.5. The topological polar surface area (TPSA) is 48.1 Å². The molecule has 0 saturated heterocycles. The first-order valence-electron chi connectivity index (χ1n) is 11.3. The van der Waals surface area contributed by atoms with E-state index in [4.69, 9.17) is 0 Å². The molecule has 4 N–H and O–H groups in total. The highest BCUT2D eigenvalue weighted by Crippen LogP contribution is 2.22. The second kappa shape index (κ2) is 10.4. The molecule has 25 heavy (non-hydrogen) atoms. The van der Waals surface area contributed by atoms with Crippen molar-refractivity contribution in [2.45, 2.75) is 120 Å². The zero-order valence-corrected chi connectivity index (χ0v) is 18.5. The lowest BCUT2D eigenvalue weighted by Gasteiger charge is -2.44. The van der Waals surface area contributed by atoms with E-state index in [-0.39, 0.29) is 5.79 Å². The van der Waals surface area contributed by atoms with Gasteiger partial charge in [0.1, 0.15) is 5.79 Å². The molecule has 0 aromatic heterocycles. The van der Waals surface area contributed by atoms with Gasteiger partial charge in [0, 0.05) is 24.7 Å². The van der Waals surface area contributed by atoms with Gasteiger partial charge in [-0.05, 0) is 38.5 Å². The molecule has 0 unspecified atom stereocenters. The Hall–Kier alpha value is 0.0569. The first kappa shape index (κ1) is 19.8. The minimum Gasteiger partial charge on any atom is -0.316 e. The van der Waals surface area contributed by atoms with Crippen molar-refractivity contribution in [2.24, 2.45) is 0 Å². The molecule has 0 spiro atoms. The van der Waals surface area contributed by atoms with Gasteiger partial charge in [-0.1, -0.05) is 57.8 Å². The van der Waals surface area contributed by atoms with Crippen LogP contribution in [0.4, 0.5) is 0 Å². The highest BCUT2D eigenvalue weighted by molar-refractivity contribution is 6.04. The maximum atomic E-state index is 4.06. The second-order valence-corrected chi connectivity index (χ2v) is 9.33. The Morgan fingerprint density at radius 3 is 1.40 bits per heavy atom. The maximum absolute atomic E-state index is 4.06. The van der Waals surface area contributed by atoms with Gasteiger partial charge in [-0.15, -0.1) is 0 Å². The van der Waals surface area contributed by atoms with Gasteiger partial charge in [-0.3, -0.25) is 10.6 Å². The summed E-state index contributed by atoms with van der Waals surface area (Å²) in [5, 5.41) is 12.0. The van der Waals surface area contributed by atoms with Crippen LogP contribution in [0.3, 0.4) is 0 Å². The van der Waals surface area contributed by atoms with Crippen LogP contribution >= 0.6 is 0 Å². The van der Waals surface area contributed by atoms with Crippen LogP contribution in [0.15, 0.2) is 0 Å². The summed E-state index contributed by atoms with van der Waals surface area (Å²) in [4.78, 5) is 3.80. The highest BCUT2D eigenvalue weighted by atomic mass is 28.2. The molecule has 3 aliphatic rings. The molecular formula is C20H42N4Si. The molecule has 0 bridgehead atoms. The summed E-state index contributed by atoms with van der Waals surface area (Å²) in [6.45, 7) is 1.02. The van der Waals surface area contributed by atoms with E-state index >= 15 is 0 Å². The molecular weight excluding hydrogens is 324 g/mol. The molecule has 146 valence electrons. The summed E-state index contributed by atoms with van der Waals surface area (Å²) in [5.41, 5.74) is 0. The van der Waals surface area contributed by atoms with Crippen LogP contribution in [0.2, 0.25) is 0 Å². The third-order valence-corrected chi connectivity index (χ3v) is 7.65. The van der Waals surface area contributed by atoms with Crippen molar-refractivity contribution in [3.63, 3.8) is 0 Å². The van der Waals surface area contributed by atoms with E-state index in [0.717, 1.165) is 23.0 Å². The zero-order chi connectivity index (χ0) is 17.4. The van der Waals surface area contributed by atoms with Crippen LogP contribution < -0.4 is 20.9 Å². The molecule has 3 saturated carbocycles. The molecule has 0 aromatic rings. The fraction of sp³-hybridized carbons (Fsp3) is 1.00. The number of rotatable bonds is 8. The average molecular weight is 367 g/mol. The summed E-state index contributed by atoms with van der Waals surface area (Å²) >= 11 is 0. The highest BCUT2D eigenvalue weighted by Gasteiger charge is 2.34. The standard InChI is InChI=1S/C20H42N4Si/c25-24-20(22-18-12-6-2-7-13-18,23-19-14-8-3-9-15-19)16-21-17-10-4-1-5-11-17/h17-19,21-24H,1-16H2,25H3. The smallest absolute Gasteiger partial charge is 0.130 e. The summed E-state index contributed by atoms with van der Waals surface area (Å²) in [7, 11) is 1.02. The lowest BCUT2D eigenvalue weighted by Crippen LogP contribution is -2.74. The summed E-state index contributed by atoms with van der Waals surface area (Å²) < 4.78 is 0. The van der Waals surface area contributed by atoms with Crippen molar-refractivity contribution >= 4 is 10.4 Å². The Bertz CT molecular complexity index is 341. The van der Waals surface area contributed by atoms with Crippen molar-refractivity contribution in [1.29, 1.82) is 0 Å². The van der Waals surface area contributed by atoms with Crippen LogP contribution in [0.25, 0.3) is 0 Å². The number of hydrogen-bond donors (Lipinski definition) is 4. The molecule has 0 atom stereocenters. The minimum absolute atomic E-state index is 0.0896. The van der Waals surface area contributed by atoms with Crippen molar-refractivity contribution in [3.05, 3.63) is 0 Å². The Labute approximate surface area is 158 Å². The van der Waals surface area contributed by atoms with Gasteiger partial charge in [-0.25, -0.2) is 0 Å². The lowest BCUT2D eigenvalue weighted by molar-refractivity contribution is 0.143. The number of nitrogens with one attached hydrogen (secondary N) is 4. The second-order valence-electron chi connectivity index (χ2n) is 8.83. The van der Waals surface area contributed by atoms with E-state index in [2.05, 4.69) is 20.9 Å². The van der Waals surface area contributed by atoms with Crippen molar-refractivity contribution in [2.75, 3.05) is 6.54 Å². The monoisotopic (exact) mass is 366 g/mol. The van der Waals surface area contributed by atoms with Gasteiger partial charge in [0.15, 0.2) is 0 Å². The van der Waals surface area contributed by atoms with Gasteiger partial charge in [0.2, 0.25) is 0 Å². The van der Waals surface area contributed by atoms with E-state index < -0.39 is 0 Å². The third-order valence-electron chi connectivity index (χ3n) is 6.80. The Kier molecular flexibility index (Phi) is 8.25. The Balaban J connectivity index is 1.60. The van der Waals surface area contributed by atoms with E-state index in [0.29, 0.717) is 12.1 Å². The average Bonchev–Trinajstić information content (AvgIpc) is 2.68. The molecule has 0 aromatic carbocycles. The molecule has 0 aliphatic heterocycles. The Morgan fingerprint density at radius 2 is 1.00 bits per heavy atom. The quantitative estimate of drug-likeness (QED) is 0.393. The molecule has 4 nitrogen and oxygen atoms in total. The minimum atomic E-state index is -0.0896. The van der Waals surface area contributed by atoms with Gasteiger partial charge in [-0.2, -0.15) is 0 Å². The number of hydrogen-bond acceptors (Lipinski definition) is 4. The van der Waals surface area contributed by atoms with Crippen LogP contribution in [-0.4, -0.2) is 40.9 Å². The van der Waals surface area contributed by atoms with Crippen molar-refractivity contribution in [3.8, 4) is 0 Å². The molecule has 0 heterocycles. The fourth-order valence-electron chi connectivity index (χ4n) is 5.17. The maximum Gasteiger partial charge on any atom is 0.130 e. The summed E-state index contributed by atoms with van der Waals surface area (Å²) in [6.07, 6.45) is 20.8. The van der Waals surface area contributed by atoms with Crippen molar-refractivity contribution in [1.82, 2.24) is 20.9 Å². The van der Waals surface area contributed by atoms with Gasteiger partial charge >= 0.3 is 0 Å². The van der Waals surface area contributed by atoms with Crippen LogP contribution in [-0.2, 0) is 0 Å². The van der Waals surface area contributed by atoms with Crippen LogP contribution in [0.5, 0.6) is 0 Å². The summed E-state index contributed by atoms with van der Waals surface area (Å²) in [5.74, 6) is -0.0896. The Morgan fingerprint density at radius 1 is 0.600 bits per heavy atom. The molecule has 5 heteroatoms. The summed E-state index contributed by atoms with van der Waals surface area (Å²) in [6, 6.07) is 2.09. The molecule has 0 radical (unpaired) electrons. The third kappa shape index (κ3) is 6.31. The van der Waals surface area contributed by atoms with Crippen molar-refractivity contribution < 1.29 is 0 Å². The van der Waals surface area contributed by atoms with Crippen LogP contribution in [0.1, 0.15) is 96.3 Å². The molecule has 3 aliphatic carbocycles. The first-order chi connectivity index (χ1) is 12.3. The first-order valence-corrected chi connectivity index (χ1v) is 12.3. The normalized spacial score (nSPS) is 25.4. The SMILES string of the molecule is [SiH3]NC(CNC1CCCCC1)(NC1CCCCC1)NC1CCCCC1. The van der Waals surface area contributed by atoms with Gasteiger partial charge < -0.3 is 10.3 Å². The predicted molar refractivity (Wildman–Crippen MR) is 111 cm³/mol. The van der Waals surface area contributed by atoms with E-state index in [9.17, 15) is 0 Å².